The van der Waals surface area contributed by atoms with Crippen LogP contribution in [-0.2, 0) is 24.1 Å². The standard InChI is InChI=1S/C24H36N4OS/c1-15-7-8-18-20(13-15)30-24-22(18)23(25-19-6-4-5-16(2)17(19)3)26-21(27-24)14-28-9-11-29-12-10-28/h15-17,19H,4-14H2,1-3H3,(H,25,26,27)/t15-,16-,17+,19-/m1/s1. The first-order valence-corrected chi connectivity index (χ1v) is 12.8. The van der Waals surface area contributed by atoms with Gasteiger partial charge in [-0.15, -0.1) is 11.3 Å². The van der Waals surface area contributed by atoms with E-state index in [-0.39, 0.29) is 0 Å². The van der Waals surface area contributed by atoms with Crippen LogP contribution in [0, 0.1) is 17.8 Å². The van der Waals surface area contributed by atoms with Gasteiger partial charge in [0.05, 0.1) is 25.1 Å². The van der Waals surface area contributed by atoms with Crippen LogP contribution in [0.1, 0.15) is 62.7 Å². The third-order valence-electron chi connectivity index (χ3n) is 7.70. The van der Waals surface area contributed by atoms with Gasteiger partial charge >= 0.3 is 0 Å². The Morgan fingerprint density at radius 3 is 2.77 bits per heavy atom. The quantitative estimate of drug-likeness (QED) is 0.752. The molecule has 0 unspecified atom stereocenters. The van der Waals surface area contributed by atoms with Gasteiger partial charge in [0, 0.05) is 24.0 Å². The molecule has 2 fully saturated rings. The number of morpholine rings is 1. The minimum absolute atomic E-state index is 0.515. The Labute approximate surface area is 184 Å². The Hall–Kier alpha value is -1.24. The molecule has 1 aliphatic heterocycles. The number of ether oxygens (including phenoxy) is 1. The fraction of sp³-hybridized carbons (Fsp3) is 0.750. The summed E-state index contributed by atoms with van der Waals surface area (Å²) in [6.07, 6.45) is 7.58. The van der Waals surface area contributed by atoms with Gasteiger partial charge in [-0.25, -0.2) is 9.97 Å². The van der Waals surface area contributed by atoms with Crippen LogP contribution in [0.5, 0.6) is 0 Å². The van der Waals surface area contributed by atoms with Gasteiger partial charge in [-0.3, -0.25) is 4.90 Å². The van der Waals surface area contributed by atoms with Crippen LogP contribution < -0.4 is 5.32 Å². The van der Waals surface area contributed by atoms with Crippen LogP contribution in [0.25, 0.3) is 10.2 Å². The number of thiophene rings is 1. The van der Waals surface area contributed by atoms with Gasteiger partial charge in [-0.1, -0.05) is 33.6 Å². The predicted octanol–water partition coefficient (Wildman–Crippen LogP) is 4.88. The molecule has 0 spiro atoms. The number of rotatable bonds is 4. The van der Waals surface area contributed by atoms with E-state index in [2.05, 4.69) is 31.0 Å². The number of hydrogen-bond acceptors (Lipinski definition) is 6. The van der Waals surface area contributed by atoms with E-state index >= 15 is 0 Å². The Kier molecular flexibility index (Phi) is 6.00. The van der Waals surface area contributed by atoms with Crippen molar-refractivity contribution < 1.29 is 4.74 Å². The second-order valence-electron chi connectivity index (χ2n) is 9.93. The number of nitrogens with zero attached hydrogens (tertiary/aromatic N) is 3. The van der Waals surface area contributed by atoms with Crippen LogP contribution in [0.2, 0.25) is 0 Å². The van der Waals surface area contributed by atoms with Gasteiger partial charge in [-0.05, 0) is 49.0 Å². The molecule has 2 aromatic rings. The minimum atomic E-state index is 0.515. The molecule has 30 heavy (non-hydrogen) atoms. The van der Waals surface area contributed by atoms with Gasteiger partial charge in [0.15, 0.2) is 0 Å². The van der Waals surface area contributed by atoms with Crippen molar-refractivity contribution >= 4 is 27.4 Å². The van der Waals surface area contributed by atoms with E-state index < -0.39 is 0 Å². The van der Waals surface area contributed by atoms with Gasteiger partial charge in [0.1, 0.15) is 16.5 Å². The molecule has 2 aromatic heterocycles. The van der Waals surface area contributed by atoms with Crippen molar-refractivity contribution in [2.75, 3.05) is 31.6 Å². The van der Waals surface area contributed by atoms with Crippen LogP contribution >= 0.6 is 11.3 Å². The van der Waals surface area contributed by atoms with Crippen molar-refractivity contribution in [2.24, 2.45) is 17.8 Å². The maximum absolute atomic E-state index is 5.53. The van der Waals surface area contributed by atoms with Crippen molar-refractivity contribution in [3.8, 4) is 0 Å². The highest BCUT2D eigenvalue weighted by atomic mass is 32.1. The van der Waals surface area contributed by atoms with Crippen molar-refractivity contribution in [3.05, 3.63) is 16.3 Å². The zero-order valence-electron chi connectivity index (χ0n) is 18.7. The Bertz CT molecular complexity index is 891. The van der Waals surface area contributed by atoms with Crippen molar-refractivity contribution in [2.45, 2.75) is 71.9 Å². The van der Waals surface area contributed by atoms with E-state index in [1.54, 1.807) is 4.88 Å². The largest absolute Gasteiger partial charge is 0.379 e. The molecular formula is C24H36N4OS. The van der Waals surface area contributed by atoms with E-state index in [1.165, 1.54) is 54.3 Å². The molecule has 164 valence electrons. The topological polar surface area (TPSA) is 50.3 Å². The molecule has 3 aliphatic rings. The van der Waals surface area contributed by atoms with Gasteiger partial charge in [0.25, 0.3) is 0 Å². The van der Waals surface area contributed by atoms with Crippen LogP contribution in [0.3, 0.4) is 0 Å². The first-order valence-electron chi connectivity index (χ1n) is 12.0. The number of nitrogens with one attached hydrogen (secondary N) is 1. The fourth-order valence-electron chi connectivity index (χ4n) is 5.48. The molecule has 1 N–H and O–H groups in total. The van der Waals surface area contributed by atoms with Crippen molar-refractivity contribution in [3.63, 3.8) is 0 Å². The highest BCUT2D eigenvalue weighted by Crippen LogP contribution is 2.41. The molecule has 1 saturated carbocycles. The van der Waals surface area contributed by atoms with Crippen LogP contribution in [0.15, 0.2) is 0 Å². The van der Waals surface area contributed by atoms with Gasteiger partial charge < -0.3 is 10.1 Å². The lowest BCUT2D eigenvalue weighted by Gasteiger charge is -2.35. The lowest BCUT2D eigenvalue weighted by molar-refractivity contribution is 0.0331. The van der Waals surface area contributed by atoms with E-state index in [4.69, 9.17) is 14.7 Å². The summed E-state index contributed by atoms with van der Waals surface area (Å²) in [6, 6.07) is 0.515. The summed E-state index contributed by atoms with van der Waals surface area (Å²) in [5.74, 6) is 4.32. The molecule has 2 aliphatic carbocycles. The van der Waals surface area contributed by atoms with E-state index in [9.17, 15) is 0 Å². The molecule has 1 saturated heterocycles. The Morgan fingerprint density at radius 1 is 1.10 bits per heavy atom. The number of aryl methyl sites for hydroxylation is 1. The molecule has 5 nitrogen and oxygen atoms in total. The average Bonchev–Trinajstić information content (AvgIpc) is 3.09. The molecule has 4 atom stereocenters. The van der Waals surface area contributed by atoms with E-state index in [1.807, 2.05) is 11.3 Å². The lowest BCUT2D eigenvalue weighted by atomic mass is 9.78. The number of anilines is 1. The molecule has 0 bridgehead atoms. The van der Waals surface area contributed by atoms with Gasteiger partial charge in [-0.2, -0.15) is 0 Å². The van der Waals surface area contributed by atoms with Crippen LogP contribution in [-0.4, -0.2) is 47.2 Å². The zero-order chi connectivity index (χ0) is 20.7. The maximum atomic E-state index is 5.53. The summed E-state index contributed by atoms with van der Waals surface area (Å²) in [5.41, 5.74) is 1.53. The second kappa shape index (κ2) is 8.71. The maximum Gasteiger partial charge on any atom is 0.146 e. The molecular weight excluding hydrogens is 392 g/mol. The van der Waals surface area contributed by atoms with Crippen molar-refractivity contribution in [1.82, 2.24) is 14.9 Å². The summed E-state index contributed by atoms with van der Waals surface area (Å²) in [5, 5.41) is 5.27. The fourth-order valence-corrected chi connectivity index (χ4v) is 6.88. The predicted molar refractivity (Wildman–Crippen MR) is 124 cm³/mol. The summed E-state index contributed by atoms with van der Waals surface area (Å²) < 4.78 is 5.53. The number of hydrogen-bond donors (Lipinski definition) is 1. The first kappa shape index (κ1) is 20.7. The normalized spacial score (nSPS) is 30.4. The molecule has 0 amide bonds. The molecule has 6 heteroatoms. The summed E-state index contributed by atoms with van der Waals surface area (Å²) in [6.45, 7) is 11.6. The third kappa shape index (κ3) is 4.11. The van der Waals surface area contributed by atoms with Crippen molar-refractivity contribution in [1.29, 1.82) is 0 Å². The van der Waals surface area contributed by atoms with Gasteiger partial charge in [0.2, 0.25) is 0 Å². The lowest BCUT2D eigenvalue weighted by Crippen LogP contribution is -2.37. The van der Waals surface area contributed by atoms with E-state index in [0.29, 0.717) is 12.0 Å². The zero-order valence-corrected chi connectivity index (χ0v) is 19.6. The Morgan fingerprint density at radius 2 is 1.93 bits per heavy atom. The summed E-state index contributed by atoms with van der Waals surface area (Å²) in [4.78, 5) is 15.4. The molecule has 5 rings (SSSR count). The average molecular weight is 429 g/mol. The molecule has 0 radical (unpaired) electrons. The van der Waals surface area contributed by atoms with E-state index in [0.717, 1.165) is 56.3 Å². The summed E-state index contributed by atoms with van der Waals surface area (Å²) in [7, 11) is 0. The first-order chi connectivity index (χ1) is 14.6. The Balaban J connectivity index is 1.51. The SMILES string of the molecule is C[C@@H]1CCc2c(sc3nc(CN4CCOCC4)nc(N[C@@H]4CCC[C@@H](C)[C@@H]4C)c23)C1. The minimum Gasteiger partial charge on any atom is -0.379 e. The molecule has 3 heterocycles. The number of fused-ring (bicyclic) bond motifs is 3. The second-order valence-corrected chi connectivity index (χ2v) is 11.0. The monoisotopic (exact) mass is 428 g/mol. The smallest absolute Gasteiger partial charge is 0.146 e. The highest BCUT2D eigenvalue weighted by Gasteiger charge is 2.30. The third-order valence-corrected chi connectivity index (χ3v) is 8.85. The highest BCUT2D eigenvalue weighted by molar-refractivity contribution is 7.19. The summed E-state index contributed by atoms with van der Waals surface area (Å²) >= 11 is 1.92. The molecule has 0 aromatic carbocycles. The van der Waals surface area contributed by atoms with Crippen LogP contribution in [0.4, 0.5) is 5.82 Å². The number of aromatic nitrogens is 2.